The van der Waals surface area contributed by atoms with Crippen molar-refractivity contribution in [2.45, 2.75) is 6.61 Å². The van der Waals surface area contributed by atoms with Gasteiger partial charge in [0.2, 0.25) is 5.78 Å². The van der Waals surface area contributed by atoms with Crippen LogP contribution in [0.4, 0.5) is 0 Å². The number of carbonyl (C=O) groups is 1. The zero-order valence-electron chi connectivity index (χ0n) is 11.3. The smallest absolute Gasteiger partial charge is 0.204 e. The van der Waals surface area contributed by atoms with Crippen molar-refractivity contribution in [2.75, 3.05) is 6.61 Å². The topological polar surface area (TPSA) is 59.7 Å². The summed E-state index contributed by atoms with van der Waals surface area (Å²) in [5.74, 6) is 0.414. The summed E-state index contributed by atoms with van der Waals surface area (Å²) >= 11 is 0. The van der Waals surface area contributed by atoms with E-state index in [0.29, 0.717) is 16.9 Å². The number of hydrogen-bond donors (Lipinski definition) is 1. The molecule has 0 aliphatic heterocycles. The van der Waals surface area contributed by atoms with E-state index >= 15 is 0 Å². The molecule has 1 aromatic heterocycles. The maximum Gasteiger partial charge on any atom is 0.204 e. The van der Waals surface area contributed by atoms with Crippen molar-refractivity contribution in [3.8, 4) is 5.75 Å². The van der Waals surface area contributed by atoms with E-state index < -0.39 is 0 Å². The minimum Gasteiger partial charge on any atom is -0.485 e. The number of ether oxygens (including phenoxy) is 1. The number of benzene rings is 2. The molecule has 4 nitrogen and oxygen atoms in total. The third kappa shape index (κ3) is 2.80. The van der Waals surface area contributed by atoms with Crippen LogP contribution in [0.15, 0.2) is 59.2 Å². The quantitative estimate of drug-likeness (QED) is 0.730. The van der Waals surface area contributed by atoms with Gasteiger partial charge in [-0.1, -0.05) is 30.3 Å². The highest BCUT2D eigenvalue weighted by atomic mass is 16.5. The summed E-state index contributed by atoms with van der Waals surface area (Å²) in [6.07, 6.45) is 1.46. The number of ketones is 1. The molecule has 21 heavy (non-hydrogen) atoms. The molecule has 0 spiro atoms. The highest BCUT2D eigenvalue weighted by molar-refractivity contribution is 6.07. The summed E-state index contributed by atoms with van der Waals surface area (Å²) in [5.41, 5.74) is 1.95. The van der Waals surface area contributed by atoms with E-state index in [-0.39, 0.29) is 19.0 Å². The predicted octanol–water partition coefficient (Wildman–Crippen LogP) is 3.19. The molecule has 1 N–H and O–H groups in total. The highest BCUT2D eigenvalue weighted by Gasteiger charge is 2.14. The largest absolute Gasteiger partial charge is 0.485 e. The van der Waals surface area contributed by atoms with E-state index in [1.807, 2.05) is 24.3 Å². The summed E-state index contributed by atoms with van der Waals surface area (Å²) < 4.78 is 10.8. The number of para-hydroxylation sites is 1. The summed E-state index contributed by atoms with van der Waals surface area (Å²) in [6.45, 7) is -0.129. The average Bonchev–Trinajstić information content (AvgIpc) is 2.97. The predicted molar refractivity (Wildman–Crippen MR) is 78.4 cm³/mol. The van der Waals surface area contributed by atoms with E-state index in [2.05, 4.69) is 0 Å². The molecule has 3 rings (SSSR count). The first kappa shape index (κ1) is 13.4. The first-order chi connectivity index (χ1) is 10.3. The standard InChI is InChI=1S/C17H14O4/c18-9-12-4-3-5-13(8-12)20-11-16(19)15-10-21-17-7-2-1-6-14(15)17/h1-8,10,18H,9,11H2. The van der Waals surface area contributed by atoms with E-state index in [0.717, 1.165) is 10.9 Å². The van der Waals surface area contributed by atoms with E-state index in [9.17, 15) is 4.79 Å². The monoisotopic (exact) mass is 282 g/mol. The SMILES string of the molecule is O=C(COc1cccc(CO)c1)c1coc2ccccc12. The summed E-state index contributed by atoms with van der Waals surface area (Å²) in [4.78, 5) is 12.2. The Bertz CT molecular complexity index is 773. The average molecular weight is 282 g/mol. The molecule has 106 valence electrons. The van der Waals surface area contributed by atoms with Crippen LogP contribution in [0.3, 0.4) is 0 Å². The molecule has 0 saturated carbocycles. The maximum absolute atomic E-state index is 12.2. The lowest BCUT2D eigenvalue weighted by atomic mass is 10.1. The molecule has 0 bridgehead atoms. The Morgan fingerprint density at radius 1 is 1.14 bits per heavy atom. The number of hydrogen-bond acceptors (Lipinski definition) is 4. The number of carbonyl (C=O) groups excluding carboxylic acids is 1. The zero-order valence-corrected chi connectivity index (χ0v) is 11.3. The van der Waals surface area contributed by atoms with Crippen molar-refractivity contribution in [3.63, 3.8) is 0 Å². The van der Waals surface area contributed by atoms with Gasteiger partial charge >= 0.3 is 0 Å². The van der Waals surface area contributed by atoms with Crippen LogP contribution in [0, 0.1) is 0 Å². The molecule has 0 amide bonds. The van der Waals surface area contributed by atoms with Gasteiger partial charge in [0.25, 0.3) is 0 Å². The van der Waals surface area contributed by atoms with E-state index in [1.165, 1.54) is 6.26 Å². The van der Waals surface area contributed by atoms with Crippen molar-refractivity contribution in [1.29, 1.82) is 0 Å². The number of furan rings is 1. The summed E-state index contributed by atoms with van der Waals surface area (Å²) in [7, 11) is 0. The number of rotatable bonds is 5. The molecule has 3 aromatic rings. The lowest BCUT2D eigenvalue weighted by Gasteiger charge is -2.06. The van der Waals surface area contributed by atoms with Crippen molar-refractivity contribution in [2.24, 2.45) is 0 Å². The number of fused-ring (bicyclic) bond motifs is 1. The van der Waals surface area contributed by atoms with Crippen LogP contribution in [-0.4, -0.2) is 17.5 Å². The maximum atomic E-state index is 12.2. The Labute approximate surface area is 121 Å². The minimum absolute atomic E-state index is 0.0580. The van der Waals surface area contributed by atoms with Crippen molar-refractivity contribution >= 4 is 16.8 Å². The Morgan fingerprint density at radius 3 is 2.86 bits per heavy atom. The van der Waals surface area contributed by atoms with Gasteiger partial charge in [0.05, 0.1) is 12.2 Å². The van der Waals surface area contributed by atoms with Crippen LogP contribution in [0.25, 0.3) is 11.0 Å². The molecule has 1 heterocycles. The van der Waals surface area contributed by atoms with Crippen LogP contribution in [0.2, 0.25) is 0 Å². The fourth-order valence-corrected chi connectivity index (χ4v) is 2.15. The zero-order chi connectivity index (χ0) is 14.7. The Morgan fingerprint density at radius 2 is 2.00 bits per heavy atom. The van der Waals surface area contributed by atoms with Gasteiger partial charge < -0.3 is 14.3 Å². The van der Waals surface area contributed by atoms with Gasteiger partial charge in [-0.25, -0.2) is 0 Å². The van der Waals surface area contributed by atoms with Gasteiger partial charge in [0, 0.05) is 5.39 Å². The molecule has 2 aromatic carbocycles. The van der Waals surface area contributed by atoms with Crippen LogP contribution in [0.1, 0.15) is 15.9 Å². The molecule has 4 heteroatoms. The first-order valence-electron chi connectivity index (χ1n) is 6.60. The van der Waals surface area contributed by atoms with Gasteiger partial charge in [0.1, 0.15) is 17.6 Å². The van der Waals surface area contributed by atoms with Gasteiger partial charge in [-0.3, -0.25) is 4.79 Å². The summed E-state index contributed by atoms with van der Waals surface area (Å²) in [6, 6.07) is 14.4. The Hall–Kier alpha value is -2.59. The molecule has 0 saturated heterocycles. The minimum atomic E-state index is -0.144. The highest BCUT2D eigenvalue weighted by Crippen LogP contribution is 2.21. The van der Waals surface area contributed by atoms with Crippen molar-refractivity contribution < 1.29 is 19.1 Å². The molecular weight excluding hydrogens is 268 g/mol. The van der Waals surface area contributed by atoms with Crippen LogP contribution in [-0.2, 0) is 6.61 Å². The summed E-state index contributed by atoms with van der Waals surface area (Å²) in [5, 5.41) is 9.86. The molecular formula is C17H14O4. The second kappa shape index (κ2) is 5.81. The third-order valence-electron chi connectivity index (χ3n) is 3.23. The molecule has 0 fully saturated rings. The fraction of sp³-hybridized carbons (Fsp3) is 0.118. The normalized spacial score (nSPS) is 10.7. The van der Waals surface area contributed by atoms with Gasteiger partial charge in [-0.15, -0.1) is 0 Å². The van der Waals surface area contributed by atoms with Crippen LogP contribution < -0.4 is 4.74 Å². The van der Waals surface area contributed by atoms with Gasteiger partial charge in [-0.2, -0.15) is 0 Å². The fourth-order valence-electron chi connectivity index (χ4n) is 2.15. The number of Topliss-reactive ketones (excluding diaryl/α,β-unsaturated/α-hetero) is 1. The Balaban J connectivity index is 1.74. The van der Waals surface area contributed by atoms with Crippen LogP contribution in [0.5, 0.6) is 5.75 Å². The lowest BCUT2D eigenvalue weighted by molar-refractivity contribution is 0.0922. The Kier molecular flexibility index (Phi) is 3.71. The molecule has 0 aliphatic rings. The molecule has 0 radical (unpaired) electrons. The molecule has 0 unspecified atom stereocenters. The lowest BCUT2D eigenvalue weighted by Crippen LogP contribution is -2.11. The van der Waals surface area contributed by atoms with Crippen molar-refractivity contribution in [3.05, 3.63) is 65.9 Å². The molecule has 0 atom stereocenters. The number of aliphatic hydroxyl groups is 1. The second-order valence-corrected chi connectivity index (χ2v) is 4.66. The van der Waals surface area contributed by atoms with Gasteiger partial charge in [0.15, 0.2) is 6.61 Å². The molecule has 0 aliphatic carbocycles. The first-order valence-corrected chi connectivity index (χ1v) is 6.60. The van der Waals surface area contributed by atoms with E-state index in [1.54, 1.807) is 24.3 Å². The number of aliphatic hydroxyl groups excluding tert-OH is 1. The van der Waals surface area contributed by atoms with Gasteiger partial charge in [-0.05, 0) is 23.8 Å². The second-order valence-electron chi connectivity index (χ2n) is 4.66. The van der Waals surface area contributed by atoms with Crippen molar-refractivity contribution in [1.82, 2.24) is 0 Å². The third-order valence-corrected chi connectivity index (χ3v) is 3.23. The van der Waals surface area contributed by atoms with Crippen LogP contribution >= 0.6 is 0 Å². The van der Waals surface area contributed by atoms with E-state index in [4.69, 9.17) is 14.3 Å².